The molecule has 0 saturated heterocycles. The molecule has 1 fully saturated rings. The topological polar surface area (TPSA) is 76.5 Å². The van der Waals surface area contributed by atoms with Crippen LogP contribution in [-0.4, -0.2) is 28.6 Å². The maximum absolute atomic E-state index is 12.4. The molecule has 1 aromatic heterocycles. The standard InChI is InChI=1S/C18H25NO4/c1-17(2)14(9-10-18(17,3)16(21)22)15(20)23-12-6-8-13-7-4-5-11-19-13/h4-5,7,11,14H,6,8-10,12H2,1-3H3,(H,21,22)/t14-,18+/m1/s1. The van der Waals surface area contributed by atoms with Crippen molar-refractivity contribution < 1.29 is 19.4 Å². The van der Waals surface area contributed by atoms with Gasteiger partial charge < -0.3 is 9.84 Å². The number of pyridine rings is 1. The fourth-order valence-electron chi connectivity index (χ4n) is 3.37. The number of aromatic nitrogens is 1. The van der Waals surface area contributed by atoms with Gasteiger partial charge in [0.25, 0.3) is 0 Å². The average molecular weight is 319 g/mol. The van der Waals surface area contributed by atoms with Crippen LogP contribution in [-0.2, 0) is 20.7 Å². The summed E-state index contributed by atoms with van der Waals surface area (Å²) >= 11 is 0. The van der Waals surface area contributed by atoms with E-state index >= 15 is 0 Å². The number of nitrogens with zero attached hydrogens (tertiary/aromatic N) is 1. The average Bonchev–Trinajstić information content (AvgIpc) is 2.76. The largest absolute Gasteiger partial charge is 0.481 e. The predicted molar refractivity (Wildman–Crippen MR) is 85.8 cm³/mol. The Morgan fingerprint density at radius 2 is 2.09 bits per heavy atom. The third-order valence-electron chi connectivity index (χ3n) is 5.53. The summed E-state index contributed by atoms with van der Waals surface area (Å²) in [7, 11) is 0. The van der Waals surface area contributed by atoms with Crippen molar-refractivity contribution in [3.8, 4) is 0 Å². The van der Waals surface area contributed by atoms with E-state index in [1.54, 1.807) is 13.1 Å². The number of carbonyl (C=O) groups is 2. The molecule has 0 radical (unpaired) electrons. The van der Waals surface area contributed by atoms with Gasteiger partial charge in [-0.05, 0) is 50.2 Å². The van der Waals surface area contributed by atoms with Gasteiger partial charge in [0.2, 0.25) is 0 Å². The summed E-state index contributed by atoms with van der Waals surface area (Å²) in [5.41, 5.74) is -0.523. The lowest BCUT2D eigenvalue weighted by Gasteiger charge is -2.37. The van der Waals surface area contributed by atoms with Crippen LogP contribution in [0, 0.1) is 16.7 Å². The van der Waals surface area contributed by atoms with Gasteiger partial charge in [0.05, 0.1) is 17.9 Å². The molecule has 0 amide bonds. The smallest absolute Gasteiger partial charge is 0.309 e. The van der Waals surface area contributed by atoms with Crippen LogP contribution in [0.4, 0.5) is 0 Å². The van der Waals surface area contributed by atoms with Crippen molar-refractivity contribution in [2.75, 3.05) is 6.61 Å². The molecule has 2 rings (SSSR count). The van der Waals surface area contributed by atoms with E-state index in [2.05, 4.69) is 4.98 Å². The molecule has 1 aliphatic carbocycles. The molecular weight excluding hydrogens is 294 g/mol. The molecule has 5 heteroatoms. The zero-order valence-corrected chi connectivity index (χ0v) is 14.0. The molecule has 2 atom stereocenters. The Morgan fingerprint density at radius 1 is 1.35 bits per heavy atom. The minimum absolute atomic E-state index is 0.277. The summed E-state index contributed by atoms with van der Waals surface area (Å²) in [6.07, 6.45) is 4.29. The summed E-state index contributed by atoms with van der Waals surface area (Å²) in [6, 6.07) is 5.74. The summed E-state index contributed by atoms with van der Waals surface area (Å²) < 4.78 is 5.40. The Kier molecular flexibility index (Phi) is 5.07. The lowest BCUT2D eigenvalue weighted by molar-refractivity contribution is -0.160. The van der Waals surface area contributed by atoms with Crippen molar-refractivity contribution in [1.82, 2.24) is 4.98 Å². The summed E-state index contributed by atoms with van der Waals surface area (Å²) in [5.74, 6) is -1.48. The summed E-state index contributed by atoms with van der Waals surface area (Å²) in [5, 5.41) is 9.49. The van der Waals surface area contributed by atoms with E-state index in [9.17, 15) is 14.7 Å². The van der Waals surface area contributed by atoms with Crippen LogP contribution in [0.2, 0.25) is 0 Å². The number of esters is 1. The zero-order chi connectivity index (χ0) is 17.1. The van der Waals surface area contributed by atoms with Crippen molar-refractivity contribution in [2.24, 2.45) is 16.7 Å². The van der Waals surface area contributed by atoms with Gasteiger partial charge in [-0.25, -0.2) is 0 Å². The molecule has 1 N–H and O–H groups in total. The molecule has 126 valence electrons. The van der Waals surface area contributed by atoms with Gasteiger partial charge >= 0.3 is 11.9 Å². The second-order valence-electron chi connectivity index (χ2n) is 7.04. The Morgan fingerprint density at radius 3 is 2.65 bits per heavy atom. The molecule has 0 unspecified atom stereocenters. The monoisotopic (exact) mass is 319 g/mol. The molecule has 23 heavy (non-hydrogen) atoms. The van der Waals surface area contributed by atoms with Crippen LogP contribution in [0.25, 0.3) is 0 Å². The highest BCUT2D eigenvalue weighted by Gasteiger charge is 2.58. The van der Waals surface area contributed by atoms with Crippen LogP contribution in [0.5, 0.6) is 0 Å². The number of carboxylic acids is 1. The van der Waals surface area contributed by atoms with E-state index in [4.69, 9.17) is 4.74 Å². The molecule has 1 aromatic rings. The number of hydrogen-bond donors (Lipinski definition) is 1. The van der Waals surface area contributed by atoms with Crippen molar-refractivity contribution in [3.63, 3.8) is 0 Å². The predicted octanol–water partition coefficient (Wildman–Crippen LogP) is 3.08. The lowest BCUT2D eigenvalue weighted by atomic mass is 9.66. The molecule has 5 nitrogen and oxygen atoms in total. The van der Waals surface area contributed by atoms with Gasteiger partial charge in [-0.2, -0.15) is 0 Å². The van der Waals surface area contributed by atoms with Crippen LogP contribution >= 0.6 is 0 Å². The number of ether oxygens (including phenoxy) is 1. The highest BCUT2D eigenvalue weighted by Crippen LogP contribution is 2.56. The zero-order valence-electron chi connectivity index (χ0n) is 14.0. The fourth-order valence-corrected chi connectivity index (χ4v) is 3.37. The maximum Gasteiger partial charge on any atom is 0.309 e. The third kappa shape index (κ3) is 3.38. The molecule has 1 heterocycles. The van der Waals surface area contributed by atoms with Gasteiger partial charge in [0, 0.05) is 11.9 Å². The van der Waals surface area contributed by atoms with Gasteiger partial charge in [-0.3, -0.25) is 14.6 Å². The molecule has 1 saturated carbocycles. The number of rotatable bonds is 6. The molecule has 0 aromatic carbocycles. The number of carboxylic acid groups (broad SMARTS) is 1. The highest BCUT2D eigenvalue weighted by atomic mass is 16.5. The fraction of sp³-hybridized carbons (Fsp3) is 0.611. The first kappa shape index (κ1) is 17.4. The van der Waals surface area contributed by atoms with Crippen LogP contribution in [0.15, 0.2) is 24.4 Å². The van der Waals surface area contributed by atoms with Gasteiger partial charge in [-0.1, -0.05) is 19.9 Å². The minimum Gasteiger partial charge on any atom is -0.481 e. The normalized spacial score (nSPS) is 26.0. The van der Waals surface area contributed by atoms with Gasteiger partial charge in [-0.15, -0.1) is 0 Å². The van der Waals surface area contributed by atoms with Crippen LogP contribution in [0.1, 0.15) is 45.7 Å². The number of aryl methyl sites for hydroxylation is 1. The Labute approximate surface area is 137 Å². The van der Waals surface area contributed by atoms with E-state index in [1.807, 2.05) is 32.0 Å². The second kappa shape index (κ2) is 6.69. The van der Waals surface area contributed by atoms with E-state index in [-0.39, 0.29) is 11.9 Å². The van der Waals surface area contributed by atoms with Crippen molar-refractivity contribution in [3.05, 3.63) is 30.1 Å². The highest BCUT2D eigenvalue weighted by molar-refractivity contribution is 5.80. The molecule has 0 aliphatic heterocycles. The molecule has 0 spiro atoms. The first-order valence-electron chi connectivity index (χ1n) is 8.09. The quantitative estimate of drug-likeness (QED) is 0.644. The first-order valence-corrected chi connectivity index (χ1v) is 8.09. The Bertz CT molecular complexity index is 570. The van der Waals surface area contributed by atoms with E-state index in [1.165, 1.54) is 0 Å². The minimum atomic E-state index is -0.884. The second-order valence-corrected chi connectivity index (χ2v) is 7.04. The summed E-state index contributed by atoms with van der Waals surface area (Å²) in [4.78, 5) is 28.1. The van der Waals surface area contributed by atoms with Crippen LogP contribution in [0.3, 0.4) is 0 Å². The van der Waals surface area contributed by atoms with Crippen molar-refractivity contribution in [2.45, 2.75) is 46.5 Å². The van der Waals surface area contributed by atoms with Gasteiger partial charge in [0.1, 0.15) is 0 Å². The number of hydrogen-bond acceptors (Lipinski definition) is 4. The van der Waals surface area contributed by atoms with E-state index in [0.29, 0.717) is 25.9 Å². The maximum atomic E-state index is 12.4. The molecular formula is C18H25NO4. The van der Waals surface area contributed by atoms with Crippen molar-refractivity contribution >= 4 is 11.9 Å². The molecule has 1 aliphatic rings. The lowest BCUT2D eigenvalue weighted by Crippen LogP contribution is -2.43. The molecule has 0 bridgehead atoms. The van der Waals surface area contributed by atoms with Crippen LogP contribution < -0.4 is 0 Å². The first-order chi connectivity index (χ1) is 10.8. The van der Waals surface area contributed by atoms with Crippen molar-refractivity contribution in [1.29, 1.82) is 0 Å². The Balaban J connectivity index is 1.86. The Hall–Kier alpha value is -1.91. The number of carbonyl (C=O) groups excluding carboxylic acids is 1. The third-order valence-corrected chi connectivity index (χ3v) is 5.53. The van der Waals surface area contributed by atoms with E-state index < -0.39 is 16.8 Å². The summed E-state index contributed by atoms with van der Waals surface area (Å²) in [6.45, 7) is 5.78. The van der Waals surface area contributed by atoms with E-state index in [0.717, 1.165) is 12.1 Å². The number of aliphatic carboxylic acids is 1. The van der Waals surface area contributed by atoms with Gasteiger partial charge in [0.15, 0.2) is 0 Å². The SMILES string of the molecule is CC1(C)[C@@H](C(=O)OCCCc2ccccn2)CC[C@@]1(C)C(=O)O.